The van der Waals surface area contributed by atoms with Crippen LogP contribution in [0.1, 0.15) is 41.5 Å². The average molecular weight is 565 g/mol. The Hall–Kier alpha value is -5.29. The van der Waals surface area contributed by atoms with Crippen LogP contribution in [0.4, 0.5) is 16.2 Å². The Morgan fingerprint density at radius 1 is 0.976 bits per heavy atom. The minimum Gasteiger partial charge on any atom is -0.494 e. The number of aromatic nitrogens is 1. The summed E-state index contributed by atoms with van der Waals surface area (Å²) in [6, 6.07) is 18.8. The fraction of sp³-hybridized carbons (Fsp3) is 0.194. The molecule has 2 aliphatic rings. The summed E-state index contributed by atoms with van der Waals surface area (Å²) >= 11 is 0. The summed E-state index contributed by atoms with van der Waals surface area (Å²) in [7, 11) is 0. The molecule has 3 aromatic carbocycles. The molecule has 0 radical (unpaired) electrons. The Kier molecular flexibility index (Phi) is 7.24. The summed E-state index contributed by atoms with van der Waals surface area (Å²) in [6.07, 6.45) is 5.24. The molecule has 1 aromatic heterocycles. The van der Waals surface area contributed by atoms with Crippen LogP contribution >= 0.6 is 0 Å². The summed E-state index contributed by atoms with van der Waals surface area (Å²) in [5, 5.41) is 27.6. The van der Waals surface area contributed by atoms with Gasteiger partial charge in [0.05, 0.1) is 21.9 Å². The third-order valence-corrected chi connectivity index (χ3v) is 7.46. The number of nitrogens with one attached hydrogen (secondary N) is 3. The van der Waals surface area contributed by atoms with Crippen molar-refractivity contribution in [3.05, 3.63) is 105 Å². The number of hydrogen-bond acceptors (Lipinski definition) is 7. The molecule has 0 saturated carbocycles. The number of nitro benzene ring substituents is 1. The highest BCUT2D eigenvalue weighted by Gasteiger charge is 2.23. The molecule has 2 fully saturated rings. The van der Waals surface area contributed by atoms with E-state index >= 15 is 0 Å². The molecule has 4 N–H and O–H groups in total. The van der Waals surface area contributed by atoms with Gasteiger partial charge in [-0.15, -0.1) is 0 Å². The molecule has 4 aromatic rings. The van der Waals surface area contributed by atoms with Crippen molar-refractivity contribution < 1.29 is 19.6 Å². The number of fused-ring (bicyclic) bond motifs is 1. The molecule has 0 unspecified atom stereocenters. The first-order valence-electron chi connectivity index (χ1n) is 13.7. The van der Waals surface area contributed by atoms with Gasteiger partial charge in [0.15, 0.2) is 5.88 Å². The lowest BCUT2D eigenvalue weighted by Crippen LogP contribution is -2.29. The molecule has 212 valence electrons. The van der Waals surface area contributed by atoms with Gasteiger partial charge in [0.2, 0.25) is 0 Å². The van der Waals surface area contributed by atoms with E-state index in [2.05, 4.69) is 20.5 Å². The number of nitro groups is 1. The topological polar surface area (TPSA) is 153 Å². The summed E-state index contributed by atoms with van der Waals surface area (Å²) in [5.74, 6) is -0.650. The molecule has 0 aliphatic carbocycles. The van der Waals surface area contributed by atoms with Gasteiger partial charge in [0.25, 0.3) is 11.6 Å². The maximum atomic E-state index is 11.9. The summed E-state index contributed by atoms with van der Waals surface area (Å²) in [4.78, 5) is 44.6. The molecule has 0 bridgehead atoms. The number of rotatable bonds is 7. The lowest BCUT2D eigenvalue weighted by atomic mass is 9.99. The zero-order valence-corrected chi connectivity index (χ0v) is 22.6. The smallest absolute Gasteiger partial charge is 0.326 e. The van der Waals surface area contributed by atoms with Crippen molar-refractivity contribution in [2.75, 3.05) is 13.1 Å². The van der Waals surface area contributed by atoms with Crippen molar-refractivity contribution in [1.29, 1.82) is 0 Å². The number of aliphatic imine (C=N–C) groups is 1. The number of aromatic hydroxyl groups is 1. The maximum absolute atomic E-state index is 11.9. The van der Waals surface area contributed by atoms with Gasteiger partial charge < -0.3 is 15.4 Å². The van der Waals surface area contributed by atoms with E-state index in [0.717, 1.165) is 25.2 Å². The predicted octanol–water partition coefficient (Wildman–Crippen LogP) is 5.12. The van der Waals surface area contributed by atoms with Crippen LogP contribution in [0, 0.1) is 10.1 Å². The van der Waals surface area contributed by atoms with E-state index in [-0.39, 0.29) is 17.3 Å². The second kappa shape index (κ2) is 11.3. The zero-order valence-electron chi connectivity index (χ0n) is 22.6. The summed E-state index contributed by atoms with van der Waals surface area (Å²) in [6.45, 7) is 3.02. The fourth-order valence-corrected chi connectivity index (χ4v) is 5.35. The second-order valence-electron chi connectivity index (χ2n) is 10.4. The number of H-pyrrole nitrogens is 1. The van der Waals surface area contributed by atoms with Crippen LogP contribution in [0.5, 0.6) is 5.88 Å². The first kappa shape index (κ1) is 26.9. The van der Waals surface area contributed by atoms with E-state index in [9.17, 15) is 24.8 Å². The van der Waals surface area contributed by atoms with Crippen LogP contribution in [0.2, 0.25) is 0 Å². The standard InChI is InChI=1S/C31H28N6O5/c38-29-26(34-31(40)35-29)16-19-6-10-22(11-7-19)32-28(21-8-4-20(5-9-21)18-36-14-2-1-3-15-36)27-24-17-23(37(41)42)12-13-25(24)33-30(27)39/h4-13,16-17,33,39H,1-3,14-15,18H2,(H2,34,35,38,40)/b26-16-,32-28?. The van der Waals surface area contributed by atoms with Crippen LogP contribution in [0.3, 0.4) is 0 Å². The zero-order chi connectivity index (χ0) is 29.2. The highest BCUT2D eigenvalue weighted by atomic mass is 16.6. The number of benzene rings is 3. The van der Waals surface area contributed by atoms with Gasteiger partial charge in [-0.1, -0.05) is 42.8 Å². The molecule has 3 heterocycles. The van der Waals surface area contributed by atoms with E-state index in [1.54, 1.807) is 36.4 Å². The van der Waals surface area contributed by atoms with Crippen LogP contribution in [-0.4, -0.2) is 50.7 Å². The van der Waals surface area contributed by atoms with Crippen molar-refractivity contribution in [2.24, 2.45) is 4.99 Å². The quantitative estimate of drug-likeness (QED) is 0.0804. The molecular formula is C31H28N6O5. The normalized spacial score (nSPS) is 17.0. The Morgan fingerprint density at radius 2 is 1.71 bits per heavy atom. The van der Waals surface area contributed by atoms with Gasteiger partial charge in [-0.3, -0.25) is 25.1 Å². The number of urea groups is 1. The van der Waals surface area contributed by atoms with E-state index in [1.807, 2.05) is 24.3 Å². The van der Waals surface area contributed by atoms with E-state index in [0.29, 0.717) is 33.4 Å². The Morgan fingerprint density at radius 3 is 2.38 bits per heavy atom. The van der Waals surface area contributed by atoms with Crippen LogP contribution in [0.15, 0.2) is 77.4 Å². The molecule has 42 heavy (non-hydrogen) atoms. The number of imide groups is 1. The predicted molar refractivity (Wildman–Crippen MR) is 159 cm³/mol. The number of amides is 3. The number of piperidine rings is 1. The maximum Gasteiger partial charge on any atom is 0.326 e. The van der Waals surface area contributed by atoms with Gasteiger partial charge in [0, 0.05) is 35.1 Å². The van der Waals surface area contributed by atoms with Gasteiger partial charge in [-0.05, 0) is 61.3 Å². The lowest BCUT2D eigenvalue weighted by molar-refractivity contribution is -0.384. The number of hydrogen-bond donors (Lipinski definition) is 4. The first-order chi connectivity index (χ1) is 20.3. The third kappa shape index (κ3) is 5.63. The highest BCUT2D eigenvalue weighted by molar-refractivity contribution is 6.22. The first-order valence-corrected chi connectivity index (χ1v) is 13.7. The molecule has 6 rings (SSSR count). The van der Waals surface area contributed by atoms with Gasteiger partial charge in [-0.2, -0.15) is 0 Å². The van der Waals surface area contributed by atoms with Crippen LogP contribution < -0.4 is 10.6 Å². The monoisotopic (exact) mass is 564 g/mol. The van der Waals surface area contributed by atoms with E-state index in [1.165, 1.54) is 37.0 Å². The molecule has 2 aliphatic heterocycles. The van der Waals surface area contributed by atoms with E-state index < -0.39 is 16.9 Å². The van der Waals surface area contributed by atoms with Crippen molar-refractivity contribution in [3.8, 4) is 5.88 Å². The van der Waals surface area contributed by atoms with Crippen molar-refractivity contribution in [2.45, 2.75) is 25.8 Å². The van der Waals surface area contributed by atoms with Crippen molar-refractivity contribution >= 4 is 46.0 Å². The molecular weight excluding hydrogens is 536 g/mol. The minimum atomic E-state index is -0.571. The van der Waals surface area contributed by atoms with Gasteiger partial charge in [0.1, 0.15) is 5.70 Å². The van der Waals surface area contributed by atoms with Gasteiger partial charge >= 0.3 is 6.03 Å². The Balaban J connectivity index is 1.40. The summed E-state index contributed by atoms with van der Waals surface area (Å²) < 4.78 is 0. The fourth-order valence-electron chi connectivity index (χ4n) is 5.35. The average Bonchev–Trinajstić information content (AvgIpc) is 3.49. The molecule has 0 spiro atoms. The largest absolute Gasteiger partial charge is 0.494 e. The van der Waals surface area contributed by atoms with E-state index in [4.69, 9.17) is 4.99 Å². The SMILES string of the molecule is O=C1NC(=O)/C(=C/c2ccc(N=C(c3ccc(CN4CCCCC4)cc3)c3c(O)[nH]c4ccc([N+](=O)[O-])cc34)cc2)N1. The molecule has 2 saturated heterocycles. The number of non-ortho nitro benzene ring substituents is 1. The number of carbonyl (C=O) groups excluding carboxylic acids is 2. The number of likely N-dealkylation sites (tertiary alicyclic amines) is 1. The third-order valence-electron chi connectivity index (χ3n) is 7.46. The van der Waals surface area contributed by atoms with Crippen LogP contribution in [-0.2, 0) is 11.3 Å². The Bertz CT molecular complexity index is 1750. The number of aromatic amines is 1. The minimum absolute atomic E-state index is 0.0978. The molecule has 11 nitrogen and oxygen atoms in total. The molecule has 3 amide bonds. The molecule has 11 heteroatoms. The van der Waals surface area contributed by atoms with Crippen molar-refractivity contribution in [3.63, 3.8) is 0 Å². The number of carbonyl (C=O) groups is 2. The lowest BCUT2D eigenvalue weighted by Gasteiger charge is -2.26. The highest BCUT2D eigenvalue weighted by Crippen LogP contribution is 2.34. The second-order valence-corrected chi connectivity index (χ2v) is 10.4. The summed E-state index contributed by atoms with van der Waals surface area (Å²) in [5.41, 5.74) is 4.52. The number of nitrogens with zero attached hydrogens (tertiary/aromatic N) is 3. The molecule has 0 atom stereocenters. The van der Waals surface area contributed by atoms with Crippen molar-refractivity contribution in [1.82, 2.24) is 20.5 Å². The van der Waals surface area contributed by atoms with Crippen LogP contribution in [0.25, 0.3) is 17.0 Å². The Labute approximate surface area is 240 Å². The van der Waals surface area contributed by atoms with Gasteiger partial charge in [-0.25, -0.2) is 9.79 Å².